The molecule has 1 rings (SSSR count). The smallest absolute Gasteiger partial charge is 0.191 e. The molecule has 0 aliphatic carbocycles. The standard InChI is InChI=1S/C15H20F2O3/c1-10(2)9-19-6-7-20-11(3)15(18)12-4-5-13(16)14(17)8-12/h4-5,8,10-11H,6-7,9H2,1-3H3. The van der Waals surface area contributed by atoms with Crippen molar-refractivity contribution >= 4 is 5.78 Å². The zero-order chi connectivity index (χ0) is 15.1. The van der Waals surface area contributed by atoms with Gasteiger partial charge in [0.15, 0.2) is 17.4 Å². The van der Waals surface area contributed by atoms with Crippen LogP contribution in [0.4, 0.5) is 8.78 Å². The first-order valence-corrected chi connectivity index (χ1v) is 6.60. The Balaban J connectivity index is 2.40. The molecule has 0 heterocycles. The average molecular weight is 286 g/mol. The van der Waals surface area contributed by atoms with Gasteiger partial charge >= 0.3 is 0 Å². The van der Waals surface area contributed by atoms with E-state index in [9.17, 15) is 13.6 Å². The van der Waals surface area contributed by atoms with Gasteiger partial charge in [-0.25, -0.2) is 8.78 Å². The lowest BCUT2D eigenvalue weighted by Gasteiger charge is -2.13. The molecule has 0 radical (unpaired) electrons. The minimum absolute atomic E-state index is 0.0968. The van der Waals surface area contributed by atoms with Gasteiger partial charge in [0.25, 0.3) is 0 Å². The van der Waals surface area contributed by atoms with Crippen LogP contribution in [0.5, 0.6) is 0 Å². The van der Waals surface area contributed by atoms with Gasteiger partial charge in [0, 0.05) is 12.2 Å². The van der Waals surface area contributed by atoms with E-state index in [1.807, 2.05) is 13.8 Å². The van der Waals surface area contributed by atoms with Crippen molar-refractivity contribution in [3.63, 3.8) is 0 Å². The molecule has 0 N–H and O–H groups in total. The number of Topliss-reactive ketones (excluding diaryl/α,β-unsaturated/α-hetero) is 1. The minimum atomic E-state index is -1.04. The lowest BCUT2D eigenvalue weighted by Crippen LogP contribution is -2.23. The van der Waals surface area contributed by atoms with Crippen LogP contribution in [0.1, 0.15) is 31.1 Å². The third-order valence-electron chi connectivity index (χ3n) is 2.62. The van der Waals surface area contributed by atoms with Crippen molar-refractivity contribution in [2.45, 2.75) is 26.9 Å². The molecule has 0 aromatic heterocycles. The molecule has 0 amide bonds. The second-order valence-corrected chi connectivity index (χ2v) is 4.97. The average Bonchev–Trinajstić information content (AvgIpc) is 2.40. The van der Waals surface area contributed by atoms with E-state index in [-0.39, 0.29) is 18.0 Å². The van der Waals surface area contributed by atoms with E-state index < -0.39 is 17.7 Å². The summed E-state index contributed by atoms with van der Waals surface area (Å²) in [6.45, 7) is 6.96. The zero-order valence-electron chi connectivity index (χ0n) is 12.0. The summed E-state index contributed by atoms with van der Waals surface area (Å²) in [6, 6.07) is 3.06. The highest BCUT2D eigenvalue weighted by molar-refractivity contribution is 5.99. The molecule has 112 valence electrons. The first-order valence-electron chi connectivity index (χ1n) is 6.60. The largest absolute Gasteiger partial charge is 0.379 e. The molecule has 0 bridgehead atoms. The quantitative estimate of drug-likeness (QED) is 0.543. The minimum Gasteiger partial charge on any atom is -0.379 e. The Morgan fingerprint density at radius 2 is 1.85 bits per heavy atom. The summed E-state index contributed by atoms with van der Waals surface area (Å²) in [7, 11) is 0. The molecule has 0 saturated carbocycles. The van der Waals surface area contributed by atoms with E-state index in [1.165, 1.54) is 6.07 Å². The summed E-state index contributed by atoms with van der Waals surface area (Å²) in [4.78, 5) is 11.9. The van der Waals surface area contributed by atoms with Gasteiger partial charge in [-0.3, -0.25) is 4.79 Å². The number of benzene rings is 1. The molecule has 0 aliphatic heterocycles. The molecule has 0 saturated heterocycles. The van der Waals surface area contributed by atoms with Crippen molar-refractivity contribution in [1.82, 2.24) is 0 Å². The summed E-state index contributed by atoms with van der Waals surface area (Å²) in [5, 5.41) is 0. The molecule has 0 spiro atoms. The van der Waals surface area contributed by atoms with Gasteiger partial charge in [-0.1, -0.05) is 13.8 Å². The molecule has 5 heteroatoms. The highest BCUT2D eigenvalue weighted by atomic mass is 19.2. The van der Waals surface area contributed by atoms with Gasteiger partial charge in [-0.05, 0) is 31.0 Å². The second-order valence-electron chi connectivity index (χ2n) is 4.97. The Labute approximate surface area is 117 Å². The van der Waals surface area contributed by atoms with Crippen molar-refractivity contribution < 1.29 is 23.0 Å². The van der Waals surface area contributed by atoms with E-state index in [2.05, 4.69) is 0 Å². The number of halogens is 2. The Hall–Kier alpha value is -1.33. The normalized spacial score (nSPS) is 12.7. The summed E-state index contributed by atoms with van der Waals surface area (Å²) in [6.07, 6.45) is -0.720. The van der Waals surface area contributed by atoms with E-state index in [0.29, 0.717) is 19.1 Å². The Bertz CT molecular complexity index is 447. The number of rotatable bonds is 8. The zero-order valence-corrected chi connectivity index (χ0v) is 12.0. The van der Waals surface area contributed by atoms with Crippen molar-refractivity contribution in [2.24, 2.45) is 5.92 Å². The Morgan fingerprint density at radius 3 is 2.45 bits per heavy atom. The molecule has 0 fully saturated rings. The molecular formula is C15H20F2O3. The van der Waals surface area contributed by atoms with Crippen molar-refractivity contribution in [3.05, 3.63) is 35.4 Å². The van der Waals surface area contributed by atoms with Crippen molar-refractivity contribution in [2.75, 3.05) is 19.8 Å². The SMILES string of the molecule is CC(C)COCCOC(C)C(=O)c1ccc(F)c(F)c1. The van der Waals surface area contributed by atoms with E-state index in [0.717, 1.165) is 12.1 Å². The third-order valence-corrected chi connectivity index (χ3v) is 2.62. The van der Waals surface area contributed by atoms with Crippen LogP contribution in [-0.4, -0.2) is 31.7 Å². The van der Waals surface area contributed by atoms with Gasteiger partial charge in [0.05, 0.1) is 13.2 Å². The molecule has 20 heavy (non-hydrogen) atoms. The van der Waals surface area contributed by atoms with E-state index in [4.69, 9.17) is 9.47 Å². The topological polar surface area (TPSA) is 35.5 Å². The van der Waals surface area contributed by atoms with Crippen LogP contribution < -0.4 is 0 Å². The second kappa shape index (κ2) is 8.07. The maximum absolute atomic E-state index is 13.0. The fourth-order valence-corrected chi connectivity index (χ4v) is 1.56. The van der Waals surface area contributed by atoms with Gasteiger partial charge in [-0.15, -0.1) is 0 Å². The molecular weight excluding hydrogens is 266 g/mol. The lowest BCUT2D eigenvalue weighted by atomic mass is 10.1. The van der Waals surface area contributed by atoms with Gasteiger partial charge in [0.1, 0.15) is 6.10 Å². The van der Waals surface area contributed by atoms with Gasteiger partial charge in [0.2, 0.25) is 0 Å². The van der Waals surface area contributed by atoms with Crippen LogP contribution in [0, 0.1) is 17.6 Å². The first-order chi connectivity index (χ1) is 9.41. The van der Waals surface area contributed by atoms with Crippen LogP contribution in [-0.2, 0) is 9.47 Å². The summed E-state index contributed by atoms with van der Waals surface area (Å²) >= 11 is 0. The van der Waals surface area contributed by atoms with E-state index >= 15 is 0 Å². The summed E-state index contributed by atoms with van der Waals surface area (Å²) in [5.41, 5.74) is 0.0968. The van der Waals surface area contributed by atoms with Crippen LogP contribution in [0.3, 0.4) is 0 Å². The maximum atomic E-state index is 13.0. The van der Waals surface area contributed by atoms with Crippen molar-refractivity contribution in [1.29, 1.82) is 0 Å². The predicted octanol–water partition coefficient (Wildman–Crippen LogP) is 3.23. The van der Waals surface area contributed by atoms with Crippen LogP contribution in [0.25, 0.3) is 0 Å². The van der Waals surface area contributed by atoms with Crippen LogP contribution >= 0.6 is 0 Å². The molecule has 1 aromatic rings. The molecule has 1 aromatic carbocycles. The highest BCUT2D eigenvalue weighted by Gasteiger charge is 2.17. The molecule has 1 atom stereocenters. The fourth-order valence-electron chi connectivity index (χ4n) is 1.56. The maximum Gasteiger partial charge on any atom is 0.191 e. The predicted molar refractivity (Wildman–Crippen MR) is 71.8 cm³/mol. The summed E-state index contributed by atoms with van der Waals surface area (Å²) < 4.78 is 36.5. The van der Waals surface area contributed by atoms with Crippen LogP contribution in [0.15, 0.2) is 18.2 Å². The molecule has 1 unspecified atom stereocenters. The van der Waals surface area contributed by atoms with E-state index in [1.54, 1.807) is 6.92 Å². The number of carbonyl (C=O) groups excluding carboxylic acids is 1. The monoisotopic (exact) mass is 286 g/mol. The fraction of sp³-hybridized carbons (Fsp3) is 0.533. The number of ketones is 1. The highest BCUT2D eigenvalue weighted by Crippen LogP contribution is 2.12. The number of ether oxygens (including phenoxy) is 2. The molecule has 3 nitrogen and oxygen atoms in total. The van der Waals surface area contributed by atoms with Gasteiger partial charge in [-0.2, -0.15) is 0 Å². The molecule has 0 aliphatic rings. The Morgan fingerprint density at radius 1 is 1.15 bits per heavy atom. The summed E-state index contributed by atoms with van der Waals surface area (Å²) in [5.74, 6) is -1.95. The Kier molecular flexibility index (Phi) is 6.75. The number of carbonyl (C=O) groups is 1. The third kappa shape index (κ3) is 5.35. The van der Waals surface area contributed by atoms with Crippen molar-refractivity contribution in [3.8, 4) is 0 Å². The lowest BCUT2D eigenvalue weighted by molar-refractivity contribution is 0.00968. The first kappa shape index (κ1) is 16.7. The van der Waals surface area contributed by atoms with Gasteiger partial charge < -0.3 is 9.47 Å². The number of hydrogen-bond acceptors (Lipinski definition) is 3. The number of hydrogen-bond donors (Lipinski definition) is 0. The van der Waals surface area contributed by atoms with Crippen LogP contribution in [0.2, 0.25) is 0 Å².